The number of anilines is 1. The van der Waals surface area contributed by atoms with Gasteiger partial charge in [-0.15, -0.1) is 11.3 Å². The van der Waals surface area contributed by atoms with Gasteiger partial charge in [0.05, 0.1) is 39.4 Å². The van der Waals surface area contributed by atoms with Gasteiger partial charge in [0.25, 0.3) is 5.91 Å². The van der Waals surface area contributed by atoms with E-state index in [4.69, 9.17) is 21.1 Å². The number of thiazole rings is 1. The van der Waals surface area contributed by atoms with E-state index in [0.717, 1.165) is 53.3 Å². The smallest absolute Gasteiger partial charge is 0.251 e. The quantitative estimate of drug-likeness (QED) is 0.0943. The van der Waals surface area contributed by atoms with Gasteiger partial charge in [-0.25, -0.2) is 4.98 Å². The van der Waals surface area contributed by atoms with E-state index in [1.165, 1.54) is 4.90 Å². The first-order valence-corrected chi connectivity index (χ1v) is 24.6. The molecule has 3 atom stereocenters. The number of nitrogens with one attached hydrogen (secondary N) is 3. The monoisotopic (exact) mass is 965 g/mol. The van der Waals surface area contributed by atoms with E-state index >= 15 is 0 Å². The summed E-state index contributed by atoms with van der Waals surface area (Å²) in [4.78, 5) is 63.5. The normalized spacial score (nSPS) is 21.5. The SMILES string of the molecule is Cc1ncsc1-c1ccc(CNC(=O)[C@@H]2C[C@@H](O)CN2C(=O)C(NC(=O)COCC2CCN(c3ccc(C(=O)N[C@H]4C(C)(C)[C@H](Oc5ccc(C#N)c(Cl)c5)C4(C)C)cc3)CC2)C(C)(C)C)cc1. The van der Waals surface area contributed by atoms with E-state index < -0.39 is 35.4 Å². The van der Waals surface area contributed by atoms with E-state index in [2.05, 4.69) is 59.6 Å². The second kappa shape index (κ2) is 20.6. The number of likely N-dealkylation sites (tertiary alicyclic amines) is 1. The number of hydrogen-bond donors (Lipinski definition) is 4. The van der Waals surface area contributed by atoms with Crippen molar-refractivity contribution in [1.29, 1.82) is 5.26 Å². The molecule has 0 radical (unpaired) electrons. The lowest BCUT2D eigenvalue weighted by Gasteiger charge is -2.63. The molecule has 4 aromatic rings. The Bertz CT molecular complexity index is 2490. The fraction of sp³-hybridized carbons (Fsp3) is 0.500. The molecular weight excluding hydrogens is 902 g/mol. The summed E-state index contributed by atoms with van der Waals surface area (Å²) in [6.07, 6.45) is 0.741. The summed E-state index contributed by atoms with van der Waals surface area (Å²) >= 11 is 7.83. The van der Waals surface area contributed by atoms with Gasteiger partial charge < -0.3 is 40.3 Å². The summed E-state index contributed by atoms with van der Waals surface area (Å²) in [5.41, 5.74) is 5.25. The highest BCUT2D eigenvalue weighted by atomic mass is 35.5. The highest BCUT2D eigenvalue weighted by molar-refractivity contribution is 7.13. The van der Waals surface area contributed by atoms with Gasteiger partial charge in [0.15, 0.2) is 0 Å². The summed E-state index contributed by atoms with van der Waals surface area (Å²) < 4.78 is 12.3. The number of aryl methyl sites for hydroxylation is 1. The first kappa shape index (κ1) is 50.3. The van der Waals surface area contributed by atoms with Crippen LogP contribution in [0.15, 0.2) is 72.2 Å². The molecule has 3 fully saturated rings. The third-order valence-electron chi connectivity index (χ3n) is 13.8. The lowest BCUT2D eigenvalue weighted by atomic mass is 9.49. The number of rotatable bonds is 15. The van der Waals surface area contributed by atoms with Crippen molar-refractivity contribution in [3.05, 3.63) is 99.6 Å². The van der Waals surface area contributed by atoms with E-state index in [1.54, 1.807) is 29.5 Å². The summed E-state index contributed by atoms with van der Waals surface area (Å²) in [5.74, 6) is -0.547. The van der Waals surface area contributed by atoms with Gasteiger partial charge in [-0.2, -0.15) is 5.26 Å². The number of aromatic nitrogens is 1. The van der Waals surface area contributed by atoms with Gasteiger partial charge in [-0.05, 0) is 78.6 Å². The molecule has 2 aliphatic heterocycles. The number of β-amino-alcohol motifs (C(OH)–C–C–N with tert-alkyl or cyclic N) is 1. The molecular formula is C52H64ClN7O7S. The lowest BCUT2D eigenvalue weighted by molar-refractivity contribution is -0.164. The van der Waals surface area contributed by atoms with Crippen LogP contribution in [0.3, 0.4) is 0 Å². The summed E-state index contributed by atoms with van der Waals surface area (Å²) in [5, 5.41) is 29.3. The lowest BCUT2D eigenvalue weighted by Crippen LogP contribution is -2.74. The molecule has 0 spiro atoms. The Balaban J connectivity index is 0.842. The Labute approximate surface area is 408 Å². The molecule has 362 valence electrons. The number of benzene rings is 3. The van der Waals surface area contributed by atoms with Gasteiger partial charge >= 0.3 is 0 Å². The number of amides is 4. The molecule has 4 N–H and O–H groups in total. The summed E-state index contributed by atoms with van der Waals surface area (Å²) in [7, 11) is 0. The molecule has 16 heteroatoms. The predicted octanol–water partition coefficient (Wildman–Crippen LogP) is 7.30. The number of hydrogen-bond acceptors (Lipinski definition) is 11. The van der Waals surface area contributed by atoms with E-state index in [1.807, 2.05) is 81.7 Å². The molecule has 0 bridgehead atoms. The number of halogens is 1. The number of aliphatic hydroxyl groups excluding tert-OH is 1. The molecule has 1 saturated carbocycles. The van der Waals surface area contributed by atoms with E-state index in [0.29, 0.717) is 28.5 Å². The maximum Gasteiger partial charge on any atom is 0.251 e. The van der Waals surface area contributed by atoms with Crippen LogP contribution in [0.4, 0.5) is 5.69 Å². The van der Waals surface area contributed by atoms with E-state index in [-0.39, 0.29) is 66.8 Å². The van der Waals surface area contributed by atoms with Crippen LogP contribution in [0.1, 0.15) is 94.9 Å². The van der Waals surface area contributed by atoms with Crippen LogP contribution in [-0.2, 0) is 25.7 Å². The van der Waals surface area contributed by atoms with Crippen molar-refractivity contribution in [1.82, 2.24) is 25.8 Å². The molecule has 1 unspecified atom stereocenters. The molecule has 7 rings (SSSR count). The van der Waals surface area contributed by atoms with Crippen molar-refractivity contribution >= 4 is 52.3 Å². The minimum atomic E-state index is -0.951. The van der Waals surface area contributed by atoms with Crippen molar-refractivity contribution in [2.75, 3.05) is 37.7 Å². The van der Waals surface area contributed by atoms with Crippen LogP contribution in [0.25, 0.3) is 10.4 Å². The highest BCUT2D eigenvalue weighted by Gasteiger charge is 2.64. The van der Waals surface area contributed by atoms with Crippen molar-refractivity contribution in [2.45, 2.75) is 112 Å². The van der Waals surface area contributed by atoms with Crippen LogP contribution in [0.2, 0.25) is 5.02 Å². The number of aliphatic hydroxyl groups is 1. The zero-order chi connectivity index (χ0) is 49.1. The number of piperidine rings is 1. The van der Waals surface area contributed by atoms with Crippen molar-refractivity contribution in [2.24, 2.45) is 22.2 Å². The molecule has 3 aromatic carbocycles. The highest BCUT2D eigenvalue weighted by Crippen LogP contribution is 2.55. The minimum Gasteiger partial charge on any atom is -0.489 e. The van der Waals surface area contributed by atoms with Gasteiger partial charge in [0.2, 0.25) is 17.7 Å². The summed E-state index contributed by atoms with van der Waals surface area (Å²) in [6, 6.07) is 20.7. The van der Waals surface area contributed by atoms with Gasteiger partial charge in [-0.1, -0.05) is 84.3 Å². The van der Waals surface area contributed by atoms with Crippen molar-refractivity contribution < 1.29 is 33.8 Å². The molecule has 1 aromatic heterocycles. The van der Waals surface area contributed by atoms with Crippen molar-refractivity contribution in [3.63, 3.8) is 0 Å². The topological polar surface area (TPSA) is 186 Å². The van der Waals surface area contributed by atoms with E-state index in [9.17, 15) is 29.5 Å². The average Bonchev–Trinajstić information content (AvgIpc) is 3.93. The number of nitrogens with zero attached hydrogens (tertiary/aromatic N) is 4. The zero-order valence-electron chi connectivity index (χ0n) is 40.2. The first-order valence-electron chi connectivity index (χ1n) is 23.3. The second-order valence-electron chi connectivity index (χ2n) is 20.7. The Hall–Kier alpha value is -5.53. The average molecular weight is 967 g/mol. The molecule has 2 saturated heterocycles. The van der Waals surface area contributed by atoms with Crippen LogP contribution in [-0.4, -0.2) is 102 Å². The number of carbonyl (C=O) groups excluding carboxylic acids is 4. The maximum absolute atomic E-state index is 14.1. The predicted molar refractivity (Wildman–Crippen MR) is 263 cm³/mol. The molecule has 1 aliphatic carbocycles. The standard InChI is InChI=1S/C52H64ClN7O7S/c1-31-43(68-30-56-31)34-11-9-32(10-12-34)26-55-46(64)41-23-38(61)27-60(41)47(65)44(50(2,3)4)57-42(62)29-66-28-33-19-21-59(22-20-33)37-16-13-35(14-17-37)45(63)58-48-51(5,6)49(52(48,7)8)67-39-18-15-36(25-54)40(53)24-39/h9-18,24,30,33,38,41,44,48-49,61H,19-23,26-29H2,1-8H3,(H,55,64)(H,57,62)(H,58,63)/t38-,41+,44?,48-,49-/m1/s1. The number of carbonyl (C=O) groups is 4. The Kier molecular flexibility index (Phi) is 15.2. The van der Waals surface area contributed by atoms with Gasteiger partial charge in [0.1, 0.15) is 36.6 Å². The summed E-state index contributed by atoms with van der Waals surface area (Å²) in [6.45, 7) is 17.8. The number of ether oxygens (including phenoxy) is 2. The van der Waals surface area contributed by atoms with Gasteiger partial charge in [0, 0.05) is 66.8 Å². The van der Waals surface area contributed by atoms with Crippen LogP contribution >= 0.6 is 22.9 Å². The minimum absolute atomic E-state index is 0.00848. The fourth-order valence-electron chi connectivity index (χ4n) is 10.3. The fourth-order valence-corrected chi connectivity index (χ4v) is 11.3. The second-order valence-corrected chi connectivity index (χ2v) is 22.0. The van der Waals surface area contributed by atoms with Crippen LogP contribution < -0.4 is 25.6 Å². The molecule has 14 nitrogen and oxygen atoms in total. The van der Waals surface area contributed by atoms with Crippen LogP contribution in [0, 0.1) is 40.4 Å². The Morgan fingerprint density at radius 2 is 1.68 bits per heavy atom. The van der Waals surface area contributed by atoms with Gasteiger partial charge in [-0.3, -0.25) is 19.2 Å². The zero-order valence-corrected chi connectivity index (χ0v) is 41.8. The molecule has 3 heterocycles. The first-order chi connectivity index (χ1) is 32.2. The van der Waals surface area contributed by atoms with Crippen LogP contribution in [0.5, 0.6) is 5.75 Å². The molecule has 3 aliphatic rings. The Morgan fingerprint density at radius 1 is 1.00 bits per heavy atom. The van der Waals surface area contributed by atoms with Crippen molar-refractivity contribution in [3.8, 4) is 22.3 Å². The number of nitriles is 1. The third-order valence-corrected chi connectivity index (χ3v) is 15.1. The maximum atomic E-state index is 14.1. The third kappa shape index (κ3) is 11.2. The molecule has 68 heavy (non-hydrogen) atoms. The molecule has 4 amide bonds. The Morgan fingerprint density at radius 3 is 2.28 bits per heavy atom. The largest absolute Gasteiger partial charge is 0.489 e.